The quantitative estimate of drug-likeness (QED) is 0.290. The molecule has 1 amide bonds. The number of carbonyl (C=O) groups is 2. The number of fused-ring (bicyclic) bond motifs is 1. The number of nitrogens with zero attached hydrogens (tertiary/aromatic N) is 1. The summed E-state index contributed by atoms with van der Waals surface area (Å²) in [5.74, 6) is -0.271. The van der Waals surface area contributed by atoms with Gasteiger partial charge in [-0.05, 0) is 48.8 Å². The van der Waals surface area contributed by atoms with Crippen molar-refractivity contribution in [2.75, 3.05) is 11.9 Å². The molecule has 8 heteroatoms. The monoisotopic (exact) mass is 428 g/mol. The number of ether oxygens (including phenoxy) is 1. The maximum Gasteiger partial charge on any atom is 0.341 e. The lowest BCUT2D eigenvalue weighted by molar-refractivity contribution is -0.384. The summed E-state index contributed by atoms with van der Waals surface area (Å²) < 4.78 is 5.35. The Balaban J connectivity index is 1.81. The van der Waals surface area contributed by atoms with E-state index in [4.69, 9.17) is 4.74 Å². The highest BCUT2D eigenvalue weighted by atomic mass is 32.1. The molecule has 1 heterocycles. The molecule has 30 heavy (non-hydrogen) atoms. The van der Waals surface area contributed by atoms with Gasteiger partial charge in [0, 0.05) is 23.1 Å². The summed E-state index contributed by atoms with van der Waals surface area (Å²) in [6, 6.07) is 6.02. The number of amides is 1. The minimum Gasteiger partial charge on any atom is -0.462 e. The summed E-state index contributed by atoms with van der Waals surface area (Å²) in [5, 5.41) is 14.2. The van der Waals surface area contributed by atoms with E-state index < -0.39 is 16.8 Å². The zero-order valence-electron chi connectivity index (χ0n) is 17.0. The van der Waals surface area contributed by atoms with Crippen LogP contribution in [0.2, 0.25) is 0 Å². The van der Waals surface area contributed by atoms with Crippen LogP contribution in [-0.2, 0) is 22.4 Å². The standard InChI is InChI=1S/C22H24N2O5S/c1-3-11-29-22(26)20-17-9-7-14(2)12-18(17)30-21(20)23-19(25)10-8-15-5-4-6-16(13-15)24(27)28/h4-6,8,10,13-14H,3,7,9,11-12H2,1-2H3,(H,23,25)/b10-8-/t14-/m0/s1. The maximum atomic E-state index is 12.7. The Labute approximate surface area is 178 Å². The fourth-order valence-corrected chi connectivity index (χ4v) is 4.79. The lowest BCUT2D eigenvalue weighted by atomic mass is 9.88. The number of carbonyl (C=O) groups excluding carboxylic acids is 2. The highest BCUT2D eigenvalue weighted by Crippen LogP contribution is 2.40. The van der Waals surface area contributed by atoms with Gasteiger partial charge in [-0.2, -0.15) is 0 Å². The number of benzene rings is 1. The average molecular weight is 429 g/mol. The van der Waals surface area contributed by atoms with Gasteiger partial charge in [-0.1, -0.05) is 26.0 Å². The maximum absolute atomic E-state index is 12.7. The Morgan fingerprint density at radius 1 is 1.40 bits per heavy atom. The normalized spacial score (nSPS) is 15.6. The van der Waals surface area contributed by atoms with Crippen LogP contribution in [-0.4, -0.2) is 23.4 Å². The highest BCUT2D eigenvalue weighted by molar-refractivity contribution is 7.17. The van der Waals surface area contributed by atoms with Gasteiger partial charge in [0.15, 0.2) is 0 Å². The molecule has 0 saturated carbocycles. The van der Waals surface area contributed by atoms with Gasteiger partial charge in [0.2, 0.25) is 5.91 Å². The molecule has 7 nitrogen and oxygen atoms in total. The highest BCUT2D eigenvalue weighted by Gasteiger charge is 2.29. The molecule has 2 aromatic rings. The Bertz CT molecular complexity index is 995. The van der Waals surface area contributed by atoms with Crippen LogP contribution in [0.1, 0.15) is 53.1 Å². The molecule has 0 aliphatic heterocycles. The van der Waals surface area contributed by atoms with Gasteiger partial charge >= 0.3 is 5.97 Å². The van der Waals surface area contributed by atoms with Crippen molar-refractivity contribution in [3.05, 3.63) is 62.0 Å². The number of anilines is 1. The first kappa shape index (κ1) is 21.7. The van der Waals surface area contributed by atoms with E-state index in [0.29, 0.717) is 28.7 Å². The molecule has 1 aromatic heterocycles. The number of hydrogen-bond donors (Lipinski definition) is 1. The van der Waals surface area contributed by atoms with E-state index in [1.165, 1.54) is 35.6 Å². The van der Waals surface area contributed by atoms with Crippen molar-refractivity contribution in [2.45, 2.75) is 39.5 Å². The van der Waals surface area contributed by atoms with Gasteiger partial charge in [-0.25, -0.2) is 4.79 Å². The van der Waals surface area contributed by atoms with Crippen molar-refractivity contribution in [1.82, 2.24) is 0 Å². The number of non-ortho nitro benzene ring substituents is 1. The third-order valence-corrected chi connectivity index (χ3v) is 6.07. The number of rotatable bonds is 7. The van der Waals surface area contributed by atoms with Crippen LogP contribution in [0.4, 0.5) is 10.7 Å². The summed E-state index contributed by atoms with van der Waals surface area (Å²) in [6.45, 7) is 4.44. The summed E-state index contributed by atoms with van der Waals surface area (Å²) in [6.07, 6.45) is 6.21. The van der Waals surface area contributed by atoms with Crippen LogP contribution in [0, 0.1) is 16.0 Å². The summed E-state index contributed by atoms with van der Waals surface area (Å²) in [7, 11) is 0. The molecule has 0 saturated heterocycles. The number of nitro groups is 1. The van der Waals surface area contributed by atoms with E-state index in [2.05, 4.69) is 12.2 Å². The van der Waals surface area contributed by atoms with Crippen molar-refractivity contribution in [2.24, 2.45) is 5.92 Å². The SMILES string of the molecule is CCCOC(=O)c1c(NC(=O)/C=C\c2cccc([N+](=O)[O-])c2)sc2c1CC[C@H](C)C2. The van der Waals surface area contributed by atoms with Crippen molar-refractivity contribution in [3.8, 4) is 0 Å². The molecule has 1 aromatic carbocycles. The van der Waals surface area contributed by atoms with Crippen molar-refractivity contribution in [3.63, 3.8) is 0 Å². The van der Waals surface area contributed by atoms with Crippen LogP contribution in [0.15, 0.2) is 30.3 Å². The van der Waals surface area contributed by atoms with E-state index in [1.807, 2.05) is 6.92 Å². The largest absolute Gasteiger partial charge is 0.462 e. The van der Waals surface area contributed by atoms with Crippen LogP contribution < -0.4 is 5.32 Å². The molecule has 1 N–H and O–H groups in total. The van der Waals surface area contributed by atoms with Gasteiger partial charge < -0.3 is 10.1 Å². The molecule has 0 fully saturated rings. The molecule has 3 rings (SSSR count). The number of nitro benzene ring substituents is 1. The zero-order valence-corrected chi connectivity index (χ0v) is 17.8. The number of nitrogens with one attached hydrogen (secondary N) is 1. The molecular weight excluding hydrogens is 404 g/mol. The molecule has 1 aliphatic carbocycles. The summed E-state index contributed by atoms with van der Waals surface area (Å²) >= 11 is 1.43. The van der Waals surface area contributed by atoms with E-state index in [0.717, 1.165) is 36.1 Å². The van der Waals surface area contributed by atoms with Crippen LogP contribution >= 0.6 is 11.3 Å². The van der Waals surface area contributed by atoms with E-state index in [1.54, 1.807) is 12.1 Å². The number of hydrogen-bond acceptors (Lipinski definition) is 6. The Kier molecular flexibility index (Phi) is 6.99. The Morgan fingerprint density at radius 2 is 2.20 bits per heavy atom. The second-order valence-electron chi connectivity index (χ2n) is 7.37. The predicted octanol–water partition coefficient (Wildman–Crippen LogP) is 5.00. The minimum absolute atomic E-state index is 0.0430. The Morgan fingerprint density at radius 3 is 2.93 bits per heavy atom. The average Bonchev–Trinajstić information content (AvgIpc) is 3.07. The molecule has 158 valence electrons. The Hall–Kier alpha value is -3.00. The fourth-order valence-electron chi connectivity index (χ4n) is 3.39. The molecular formula is C22H24N2O5S. The molecule has 0 spiro atoms. The molecule has 1 atom stereocenters. The van der Waals surface area contributed by atoms with E-state index >= 15 is 0 Å². The lowest BCUT2D eigenvalue weighted by Gasteiger charge is -2.18. The molecule has 0 radical (unpaired) electrons. The van der Waals surface area contributed by atoms with Crippen LogP contribution in [0.5, 0.6) is 0 Å². The summed E-state index contributed by atoms with van der Waals surface area (Å²) in [4.78, 5) is 36.7. The lowest BCUT2D eigenvalue weighted by Crippen LogP contribution is -2.16. The minimum atomic E-state index is -0.483. The predicted molar refractivity (Wildman–Crippen MR) is 117 cm³/mol. The smallest absolute Gasteiger partial charge is 0.341 e. The van der Waals surface area contributed by atoms with Crippen LogP contribution in [0.25, 0.3) is 6.08 Å². The van der Waals surface area contributed by atoms with Crippen molar-refractivity contribution >= 4 is 40.0 Å². The van der Waals surface area contributed by atoms with Crippen molar-refractivity contribution < 1.29 is 19.2 Å². The zero-order chi connectivity index (χ0) is 21.7. The molecule has 0 bridgehead atoms. The first-order valence-electron chi connectivity index (χ1n) is 9.94. The molecule has 1 aliphatic rings. The third-order valence-electron chi connectivity index (χ3n) is 4.90. The van der Waals surface area contributed by atoms with Gasteiger partial charge in [-0.15, -0.1) is 11.3 Å². The fraction of sp³-hybridized carbons (Fsp3) is 0.364. The van der Waals surface area contributed by atoms with Gasteiger partial charge in [0.05, 0.1) is 17.1 Å². The first-order chi connectivity index (χ1) is 14.4. The second kappa shape index (κ2) is 9.67. The van der Waals surface area contributed by atoms with Gasteiger partial charge in [-0.3, -0.25) is 14.9 Å². The topological polar surface area (TPSA) is 98.5 Å². The van der Waals surface area contributed by atoms with Gasteiger partial charge in [0.25, 0.3) is 5.69 Å². The van der Waals surface area contributed by atoms with E-state index in [9.17, 15) is 19.7 Å². The second-order valence-corrected chi connectivity index (χ2v) is 8.47. The van der Waals surface area contributed by atoms with Gasteiger partial charge in [0.1, 0.15) is 5.00 Å². The summed E-state index contributed by atoms with van der Waals surface area (Å²) in [5.41, 5.74) is 1.95. The van der Waals surface area contributed by atoms with Crippen LogP contribution in [0.3, 0.4) is 0 Å². The van der Waals surface area contributed by atoms with Crippen molar-refractivity contribution in [1.29, 1.82) is 0 Å². The first-order valence-corrected chi connectivity index (χ1v) is 10.8. The molecule has 0 unspecified atom stereocenters. The van der Waals surface area contributed by atoms with E-state index in [-0.39, 0.29) is 5.69 Å². The third kappa shape index (κ3) is 5.13. The number of thiophene rings is 1. The number of esters is 1.